The second-order valence-electron chi connectivity index (χ2n) is 4.17. The number of aryl methyl sites for hydroxylation is 1. The minimum atomic E-state index is 0.467. The van der Waals surface area contributed by atoms with Gasteiger partial charge in [0.2, 0.25) is 0 Å². The van der Waals surface area contributed by atoms with E-state index in [9.17, 15) is 5.21 Å². The van der Waals surface area contributed by atoms with Crippen molar-refractivity contribution in [3.63, 3.8) is 0 Å². The molecule has 0 unspecified atom stereocenters. The van der Waals surface area contributed by atoms with E-state index in [0.717, 1.165) is 29.5 Å². The number of imidazole rings is 1. The van der Waals surface area contributed by atoms with Gasteiger partial charge in [0.05, 0.1) is 30.7 Å². The third-order valence-electron chi connectivity index (χ3n) is 2.95. The van der Waals surface area contributed by atoms with Gasteiger partial charge in [-0.3, -0.25) is 0 Å². The molecule has 3 rings (SSSR count). The summed E-state index contributed by atoms with van der Waals surface area (Å²) in [5.41, 5.74) is 1.95. The molecule has 0 fully saturated rings. The van der Waals surface area contributed by atoms with Crippen molar-refractivity contribution in [2.75, 3.05) is 0 Å². The zero-order valence-electron chi connectivity index (χ0n) is 9.84. The lowest BCUT2D eigenvalue weighted by molar-refractivity contribution is -0.0985. The fourth-order valence-corrected chi connectivity index (χ4v) is 2.20. The highest BCUT2D eigenvalue weighted by Crippen LogP contribution is 2.27. The minimum Gasteiger partial charge on any atom is -0.439 e. The Labute approximate surface area is 98.5 Å². The number of hydrogen-bond acceptors (Lipinski definition) is 5. The summed E-state index contributed by atoms with van der Waals surface area (Å²) in [5, 5.41) is 10.7. The maximum absolute atomic E-state index is 9.47. The van der Waals surface area contributed by atoms with Gasteiger partial charge >= 0.3 is 0 Å². The highest BCUT2D eigenvalue weighted by molar-refractivity contribution is 5.45. The number of fused-ring (bicyclic) bond motifs is 1. The number of oxazole rings is 1. The summed E-state index contributed by atoms with van der Waals surface area (Å²) in [4.78, 5) is 8.70. The Morgan fingerprint density at radius 2 is 2.29 bits per heavy atom. The predicted molar refractivity (Wildman–Crippen MR) is 59.2 cm³/mol. The van der Waals surface area contributed by atoms with Crippen LogP contribution < -0.4 is 0 Å². The molecule has 6 heteroatoms. The molecule has 0 atom stereocenters. The van der Waals surface area contributed by atoms with Gasteiger partial charge in [0.25, 0.3) is 5.89 Å². The Morgan fingerprint density at radius 1 is 1.47 bits per heavy atom. The van der Waals surface area contributed by atoms with Crippen molar-refractivity contribution in [1.29, 1.82) is 0 Å². The van der Waals surface area contributed by atoms with Crippen LogP contribution in [-0.2, 0) is 19.6 Å². The molecule has 2 aromatic heterocycles. The molecule has 0 amide bonds. The van der Waals surface area contributed by atoms with Gasteiger partial charge < -0.3 is 14.2 Å². The van der Waals surface area contributed by atoms with E-state index < -0.39 is 0 Å². The first-order valence-corrected chi connectivity index (χ1v) is 5.64. The molecule has 1 aliphatic heterocycles. The summed E-state index contributed by atoms with van der Waals surface area (Å²) in [6.45, 7) is 5.66. The van der Waals surface area contributed by atoms with Crippen LogP contribution >= 0.6 is 0 Å². The molecule has 0 spiro atoms. The molecule has 6 nitrogen and oxygen atoms in total. The SMILES string of the molecule is CCn1c(-c2ncc(C)o2)nc2c1CN(O)C2. The van der Waals surface area contributed by atoms with Crippen molar-refractivity contribution in [1.82, 2.24) is 19.6 Å². The summed E-state index contributed by atoms with van der Waals surface area (Å²) in [6, 6.07) is 0. The molecule has 17 heavy (non-hydrogen) atoms. The van der Waals surface area contributed by atoms with Crippen molar-refractivity contribution in [2.45, 2.75) is 33.5 Å². The van der Waals surface area contributed by atoms with Gasteiger partial charge in [-0.25, -0.2) is 9.97 Å². The van der Waals surface area contributed by atoms with Crippen molar-refractivity contribution in [3.8, 4) is 11.7 Å². The highest BCUT2D eigenvalue weighted by Gasteiger charge is 2.27. The zero-order valence-corrected chi connectivity index (χ0v) is 9.84. The molecule has 0 bridgehead atoms. The summed E-state index contributed by atoms with van der Waals surface area (Å²) in [5.74, 6) is 2.07. The van der Waals surface area contributed by atoms with E-state index in [-0.39, 0.29) is 0 Å². The van der Waals surface area contributed by atoms with E-state index in [1.165, 1.54) is 5.06 Å². The van der Waals surface area contributed by atoms with Gasteiger partial charge in [-0.15, -0.1) is 0 Å². The van der Waals surface area contributed by atoms with Crippen LogP contribution in [0.15, 0.2) is 10.6 Å². The second kappa shape index (κ2) is 3.68. The first-order chi connectivity index (χ1) is 8.19. The average molecular weight is 234 g/mol. The third kappa shape index (κ3) is 1.57. The summed E-state index contributed by atoms with van der Waals surface area (Å²) in [7, 11) is 0. The first kappa shape index (κ1) is 10.5. The fraction of sp³-hybridized carbons (Fsp3) is 0.455. The molecular formula is C11H14N4O2. The summed E-state index contributed by atoms with van der Waals surface area (Å²) in [6.07, 6.45) is 1.69. The van der Waals surface area contributed by atoms with E-state index in [1.807, 2.05) is 18.4 Å². The lowest BCUT2D eigenvalue weighted by atomic mass is 10.4. The van der Waals surface area contributed by atoms with E-state index in [0.29, 0.717) is 19.0 Å². The zero-order chi connectivity index (χ0) is 12.0. The minimum absolute atomic E-state index is 0.467. The van der Waals surface area contributed by atoms with Crippen LogP contribution in [0.5, 0.6) is 0 Å². The summed E-state index contributed by atoms with van der Waals surface area (Å²) >= 11 is 0. The van der Waals surface area contributed by atoms with Crippen LogP contribution in [-0.4, -0.2) is 24.8 Å². The Bertz CT molecular complexity index is 558. The lowest BCUT2D eigenvalue weighted by Gasteiger charge is -2.08. The van der Waals surface area contributed by atoms with Crippen molar-refractivity contribution < 1.29 is 9.62 Å². The van der Waals surface area contributed by atoms with Gasteiger partial charge in [-0.05, 0) is 13.8 Å². The van der Waals surface area contributed by atoms with Crippen molar-refractivity contribution in [2.24, 2.45) is 0 Å². The molecule has 0 saturated heterocycles. The Kier molecular flexibility index (Phi) is 2.27. The molecule has 90 valence electrons. The van der Waals surface area contributed by atoms with E-state index in [4.69, 9.17) is 4.42 Å². The Hall–Kier alpha value is -1.66. The fourth-order valence-electron chi connectivity index (χ4n) is 2.20. The van der Waals surface area contributed by atoms with Crippen LogP contribution in [0.3, 0.4) is 0 Å². The standard InChI is InChI=1S/C11H14N4O2/c1-3-15-9-6-14(16)5-8(9)13-10(15)11-12-4-7(2)17-11/h4,16H,3,5-6H2,1-2H3. The van der Waals surface area contributed by atoms with Gasteiger partial charge in [-0.2, -0.15) is 5.06 Å². The van der Waals surface area contributed by atoms with Crippen molar-refractivity contribution >= 4 is 0 Å². The van der Waals surface area contributed by atoms with Crippen LogP contribution in [0, 0.1) is 6.92 Å². The number of hydroxylamine groups is 2. The monoisotopic (exact) mass is 234 g/mol. The first-order valence-electron chi connectivity index (χ1n) is 5.64. The lowest BCUT2D eigenvalue weighted by Crippen LogP contribution is -2.13. The van der Waals surface area contributed by atoms with Gasteiger partial charge in [-0.1, -0.05) is 0 Å². The molecule has 1 N–H and O–H groups in total. The van der Waals surface area contributed by atoms with Gasteiger partial charge in [0.15, 0.2) is 5.82 Å². The van der Waals surface area contributed by atoms with Gasteiger partial charge in [0.1, 0.15) is 5.76 Å². The van der Waals surface area contributed by atoms with Crippen LogP contribution in [0.2, 0.25) is 0 Å². The highest BCUT2D eigenvalue weighted by atomic mass is 16.5. The number of hydrogen-bond donors (Lipinski definition) is 1. The third-order valence-corrected chi connectivity index (χ3v) is 2.95. The molecule has 1 aliphatic rings. The maximum atomic E-state index is 9.47. The van der Waals surface area contributed by atoms with Crippen LogP contribution in [0.1, 0.15) is 24.1 Å². The summed E-state index contributed by atoms with van der Waals surface area (Å²) < 4.78 is 7.54. The number of aromatic nitrogens is 3. The second-order valence-corrected chi connectivity index (χ2v) is 4.17. The van der Waals surface area contributed by atoms with Crippen LogP contribution in [0.25, 0.3) is 11.7 Å². The molecule has 0 saturated carbocycles. The molecule has 0 radical (unpaired) electrons. The van der Waals surface area contributed by atoms with E-state index in [1.54, 1.807) is 6.20 Å². The molecule has 0 aliphatic carbocycles. The van der Waals surface area contributed by atoms with E-state index in [2.05, 4.69) is 9.97 Å². The number of rotatable bonds is 2. The predicted octanol–water partition coefficient (Wildman–Crippen LogP) is 1.57. The molecule has 3 heterocycles. The van der Waals surface area contributed by atoms with Gasteiger partial charge in [0, 0.05) is 6.54 Å². The maximum Gasteiger partial charge on any atom is 0.263 e. The Morgan fingerprint density at radius 3 is 2.94 bits per heavy atom. The van der Waals surface area contributed by atoms with Crippen molar-refractivity contribution in [3.05, 3.63) is 23.3 Å². The normalized spacial score (nSPS) is 15.5. The van der Waals surface area contributed by atoms with Crippen LogP contribution in [0.4, 0.5) is 0 Å². The molecule has 0 aromatic carbocycles. The largest absolute Gasteiger partial charge is 0.439 e. The molecular weight excluding hydrogens is 220 g/mol. The number of nitrogens with zero attached hydrogens (tertiary/aromatic N) is 4. The smallest absolute Gasteiger partial charge is 0.263 e. The molecule has 2 aromatic rings. The quantitative estimate of drug-likeness (QED) is 0.854. The average Bonchev–Trinajstić information content (AvgIpc) is 2.91. The van der Waals surface area contributed by atoms with E-state index >= 15 is 0 Å². The Balaban J connectivity index is 2.10. The topological polar surface area (TPSA) is 67.3 Å².